The smallest absolute Gasteiger partial charge is 0.272 e. The number of nitrogens with one attached hydrogen (secondary N) is 2. The Morgan fingerprint density at radius 3 is 2.18 bits per heavy atom. The van der Waals surface area contributed by atoms with Crippen LogP contribution in [0.25, 0.3) is 6.08 Å². The second kappa shape index (κ2) is 8.77. The molecule has 0 saturated heterocycles. The predicted molar refractivity (Wildman–Crippen MR) is 108 cm³/mol. The van der Waals surface area contributed by atoms with Gasteiger partial charge in [0, 0.05) is 16.8 Å². The number of hydrogen-bond acceptors (Lipinski definition) is 2. The van der Waals surface area contributed by atoms with Crippen LogP contribution in [0.4, 0.5) is 10.1 Å². The molecule has 0 unspecified atom stereocenters. The monoisotopic (exact) mass is 374 g/mol. The van der Waals surface area contributed by atoms with Gasteiger partial charge >= 0.3 is 0 Å². The number of halogens is 1. The lowest BCUT2D eigenvalue weighted by molar-refractivity contribution is -0.113. The highest BCUT2D eigenvalue weighted by Crippen LogP contribution is 2.14. The summed E-state index contributed by atoms with van der Waals surface area (Å²) in [5.41, 5.74) is 2.16. The van der Waals surface area contributed by atoms with Crippen molar-refractivity contribution in [2.45, 2.75) is 6.92 Å². The highest BCUT2D eigenvalue weighted by Gasteiger charge is 2.15. The summed E-state index contributed by atoms with van der Waals surface area (Å²) in [5, 5.41) is 5.31. The summed E-state index contributed by atoms with van der Waals surface area (Å²) in [4.78, 5) is 25.3. The van der Waals surface area contributed by atoms with E-state index in [1.54, 1.807) is 54.6 Å². The van der Waals surface area contributed by atoms with Crippen molar-refractivity contribution in [2.75, 3.05) is 5.32 Å². The maximum atomic E-state index is 14.1. The normalized spacial score (nSPS) is 11.0. The van der Waals surface area contributed by atoms with Crippen LogP contribution >= 0.6 is 0 Å². The zero-order valence-electron chi connectivity index (χ0n) is 15.3. The number of carbonyl (C=O) groups excluding carboxylic acids is 2. The van der Waals surface area contributed by atoms with Crippen molar-refractivity contribution in [3.8, 4) is 0 Å². The molecular formula is C23H19FN2O2. The number of aryl methyl sites for hydroxylation is 1. The summed E-state index contributed by atoms with van der Waals surface area (Å²) in [5.74, 6) is -1.49. The maximum absolute atomic E-state index is 14.1. The molecule has 0 spiro atoms. The molecule has 140 valence electrons. The lowest BCUT2D eigenvalue weighted by Crippen LogP contribution is -2.30. The van der Waals surface area contributed by atoms with Crippen molar-refractivity contribution < 1.29 is 14.0 Å². The fourth-order valence-corrected chi connectivity index (χ4v) is 2.53. The minimum absolute atomic E-state index is 0.0560. The van der Waals surface area contributed by atoms with Gasteiger partial charge in [0.15, 0.2) is 0 Å². The minimum atomic E-state index is -0.545. The Balaban J connectivity index is 1.89. The quantitative estimate of drug-likeness (QED) is 0.644. The number of anilines is 1. The third kappa shape index (κ3) is 4.92. The highest BCUT2D eigenvalue weighted by molar-refractivity contribution is 6.10. The maximum Gasteiger partial charge on any atom is 0.272 e. The summed E-state index contributed by atoms with van der Waals surface area (Å²) < 4.78 is 14.1. The van der Waals surface area contributed by atoms with E-state index in [1.807, 2.05) is 19.1 Å². The molecule has 0 heterocycles. The standard InChI is InChI=1S/C23H19FN2O2/c1-16-11-13-19(14-12-16)25-23(28)21(15-18-9-5-6-10-20(18)24)26-22(27)17-7-3-2-4-8-17/h2-15H,1H3,(H,25,28)(H,26,27)/b21-15-. The summed E-state index contributed by atoms with van der Waals surface area (Å²) >= 11 is 0. The Morgan fingerprint density at radius 1 is 0.857 bits per heavy atom. The second-order valence-corrected chi connectivity index (χ2v) is 6.22. The molecule has 0 atom stereocenters. The van der Waals surface area contributed by atoms with Gasteiger partial charge in [0.2, 0.25) is 0 Å². The highest BCUT2D eigenvalue weighted by atomic mass is 19.1. The molecule has 0 aromatic heterocycles. The molecule has 3 aromatic rings. The topological polar surface area (TPSA) is 58.2 Å². The number of amides is 2. The molecule has 3 rings (SSSR count). The third-order valence-electron chi connectivity index (χ3n) is 4.04. The molecule has 3 aromatic carbocycles. The van der Waals surface area contributed by atoms with Crippen LogP contribution in [0.2, 0.25) is 0 Å². The Bertz CT molecular complexity index is 1010. The summed E-state index contributed by atoms with van der Waals surface area (Å²) in [6, 6.07) is 21.8. The van der Waals surface area contributed by atoms with Crippen molar-refractivity contribution in [3.63, 3.8) is 0 Å². The molecule has 0 bridgehead atoms. The molecule has 0 fully saturated rings. The molecule has 28 heavy (non-hydrogen) atoms. The molecule has 0 aliphatic heterocycles. The number of rotatable bonds is 5. The van der Waals surface area contributed by atoms with E-state index in [0.29, 0.717) is 11.3 Å². The lowest BCUT2D eigenvalue weighted by Gasteiger charge is -2.12. The second-order valence-electron chi connectivity index (χ2n) is 6.22. The van der Waals surface area contributed by atoms with Gasteiger partial charge in [-0.2, -0.15) is 0 Å². The Hall–Kier alpha value is -3.73. The first kappa shape index (κ1) is 19.0. The third-order valence-corrected chi connectivity index (χ3v) is 4.04. The van der Waals surface area contributed by atoms with Gasteiger partial charge in [-0.05, 0) is 43.3 Å². The average Bonchev–Trinajstić information content (AvgIpc) is 2.71. The first-order chi connectivity index (χ1) is 13.5. The first-order valence-corrected chi connectivity index (χ1v) is 8.73. The van der Waals surface area contributed by atoms with Crippen molar-refractivity contribution in [1.29, 1.82) is 0 Å². The van der Waals surface area contributed by atoms with Gasteiger partial charge in [-0.15, -0.1) is 0 Å². The summed E-state index contributed by atoms with van der Waals surface area (Å²) in [6.45, 7) is 1.94. The van der Waals surface area contributed by atoms with Crippen molar-refractivity contribution >= 4 is 23.6 Å². The van der Waals surface area contributed by atoms with Gasteiger partial charge in [-0.1, -0.05) is 54.1 Å². The van der Waals surface area contributed by atoms with Crippen LogP contribution in [-0.4, -0.2) is 11.8 Å². The lowest BCUT2D eigenvalue weighted by atomic mass is 10.1. The van der Waals surface area contributed by atoms with Gasteiger partial charge in [0.05, 0.1) is 0 Å². The number of hydrogen-bond donors (Lipinski definition) is 2. The largest absolute Gasteiger partial charge is 0.321 e. The fourth-order valence-electron chi connectivity index (χ4n) is 2.53. The number of benzene rings is 3. The zero-order chi connectivity index (χ0) is 19.9. The average molecular weight is 374 g/mol. The van der Waals surface area contributed by atoms with Gasteiger partial charge in [0.1, 0.15) is 11.5 Å². The van der Waals surface area contributed by atoms with Crippen LogP contribution in [0.1, 0.15) is 21.5 Å². The van der Waals surface area contributed by atoms with E-state index >= 15 is 0 Å². The predicted octanol–water partition coefficient (Wildman–Crippen LogP) is 4.54. The summed E-state index contributed by atoms with van der Waals surface area (Å²) in [7, 11) is 0. The van der Waals surface area contributed by atoms with Gasteiger partial charge in [-0.3, -0.25) is 9.59 Å². The van der Waals surface area contributed by atoms with Crippen molar-refractivity contribution in [1.82, 2.24) is 5.32 Å². The van der Waals surface area contributed by atoms with Gasteiger partial charge < -0.3 is 10.6 Å². The van der Waals surface area contributed by atoms with Crippen LogP contribution in [0.15, 0.2) is 84.6 Å². The number of carbonyl (C=O) groups is 2. The molecule has 0 aliphatic rings. The fraction of sp³-hybridized carbons (Fsp3) is 0.0435. The molecule has 2 amide bonds. The summed E-state index contributed by atoms with van der Waals surface area (Å²) in [6.07, 6.45) is 1.32. The van der Waals surface area contributed by atoms with Crippen LogP contribution in [-0.2, 0) is 4.79 Å². The van der Waals surface area contributed by atoms with E-state index in [0.717, 1.165) is 5.56 Å². The molecule has 4 nitrogen and oxygen atoms in total. The molecule has 0 saturated carbocycles. The molecule has 2 N–H and O–H groups in total. The van der Waals surface area contributed by atoms with E-state index in [1.165, 1.54) is 18.2 Å². The minimum Gasteiger partial charge on any atom is -0.321 e. The van der Waals surface area contributed by atoms with E-state index in [4.69, 9.17) is 0 Å². The van der Waals surface area contributed by atoms with E-state index < -0.39 is 17.6 Å². The van der Waals surface area contributed by atoms with E-state index in [2.05, 4.69) is 10.6 Å². The SMILES string of the molecule is Cc1ccc(NC(=O)/C(=C/c2ccccc2F)NC(=O)c2ccccc2)cc1. The zero-order valence-corrected chi connectivity index (χ0v) is 15.3. The van der Waals surface area contributed by atoms with E-state index in [9.17, 15) is 14.0 Å². The van der Waals surface area contributed by atoms with Crippen LogP contribution < -0.4 is 10.6 Å². The van der Waals surface area contributed by atoms with Crippen LogP contribution in [0.3, 0.4) is 0 Å². The Labute approximate surface area is 162 Å². The first-order valence-electron chi connectivity index (χ1n) is 8.73. The molecule has 0 radical (unpaired) electrons. The Morgan fingerprint density at radius 2 is 1.50 bits per heavy atom. The van der Waals surface area contributed by atoms with Gasteiger partial charge in [-0.25, -0.2) is 4.39 Å². The van der Waals surface area contributed by atoms with E-state index in [-0.39, 0.29) is 11.3 Å². The van der Waals surface area contributed by atoms with Crippen molar-refractivity contribution in [2.24, 2.45) is 0 Å². The van der Waals surface area contributed by atoms with Crippen LogP contribution in [0, 0.1) is 12.7 Å². The molecule has 5 heteroatoms. The van der Waals surface area contributed by atoms with Crippen molar-refractivity contribution in [3.05, 3.63) is 107 Å². The van der Waals surface area contributed by atoms with Crippen LogP contribution in [0.5, 0.6) is 0 Å². The molecule has 0 aliphatic carbocycles. The Kier molecular flexibility index (Phi) is 5.97. The molecular weight excluding hydrogens is 355 g/mol. The van der Waals surface area contributed by atoms with Gasteiger partial charge in [0.25, 0.3) is 11.8 Å².